The number of amides is 1. The molecule has 0 radical (unpaired) electrons. The lowest BCUT2D eigenvalue weighted by Gasteiger charge is -2.64. The number of benzene rings is 1. The van der Waals surface area contributed by atoms with E-state index in [0.29, 0.717) is 36.8 Å². The van der Waals surface area contributed by atoms with Crippen LogP contribution in [0.25, 0.3) is 0 Å². The highest BCUT2D eigenvalue weighted by molar-refractivity contribution is 5.85. The summed E-state index contributed by atoms with van der Waals surface area (Å²) in [5.41, 5.74) is 1.91. The molecular formula is C36H50N2O4. The summed E-state index contributed by atoms with van der Waals surface area (Å²) in [6, 6.07) is 11.1. The molecule has 228 valence electrons. The molecular weight excluding hydrogens is 524 g/mol. The molecule has 0 spiro atoms. The van der Waals surface area contributed by atoms with Gasteiger partial charge in [0.1, 0.15) is 6.61 Å². The van der Waals surface area contributed by atoms with E-state index < -0.39 is 5.60 Å². The Morgan fingerprint density at radius 3 is 2.50 bits per heavy atom. The van der Waals surface area contributed by atoms with Crippen molar-refractivity contribution in [1.82, 2.24) is 10.2 Å². The number of fused-ring (bicyclic) bond motifs is 5. The van der Waals surface area contributed by atoms with Crippen molar-refractivity contribution in [2.45, 2.75) is 102 Å². The molecule has 6 aliphatic rings. The first-order valence-electron chi connectivity index (χ1n) is 16.9. The summed E-state index contributed by atoms with van der Waals surface area (Å²) in [4.78, 5) is 27.3. The molecule has 4 saturated carbocycles. The molecule has 6 nitrogen and oxygen atoms in total. The average molecular weight is 575 g/mol. The molecule has 4 aliphatic carbocycles. The number of piperidine rings is 1. The van der Waals surface area contributed by atoms with E-state index in [1.54, 1.807) is 6.08 Å². The van der Waals surface area contributed by atoms with E-state index in [1.165, 1.54) is 5.56 Å². The predicted molar refractivity (Wildman–Crippen MR) is 163 cm³/mol. The Bertz CT molecular complexity index is 1220. The number of carbonyl (C=O) groups excluding carboxylic acids is 2. The van der Waals surface area contributed by atoms with Gasteiger partial charge in [-0.3, -0.25) is 9.69 Å². The first-order chi connectivity index (χ1) is 20.2. The molecule has 6 heteroatoms. The Morgan fingerprint density at radius 2 is 1.76 bits per heavy atom. The van der Waals surface area contributed by atoms with Gasteiger partial charge in [0, 0.05) is 17.5 Å². The Kier molecular flexibility index (Phi) is 7.33. The summed E-state index contributed by atoms with van der Waals surface area (Å²) in [5.74, 6) is 2.29. The van der Waals surface area contributed by atoms with Gasteiger partial charge in [0.2, 0.25) is 5.91 Å². The van der Waals surface area contributed by atoms with Crippen LogP contribution >= 0.6 is 0 Å². The van der Waals surface area contributed by atoms with Crippen LogP contribution in [0.2, 0.25) is 0 Å². The third-order valence-corrected chi connectivity index (χ3v) is 13.6. The first kappa shape index (κ1) is 28.6. The standard InChI is InChI=1S/C36H50N2O4/c1-34-15-10-28(37-32(39)22-38-18-13-25(14-19-38)24-6-4-3-5-7-24)21-27(34)8-9-31-30(34)11-16-35(2)29(12-17-36(31,35)41)26-20-33(40)42-23-26/h3-7,20,25,27-31,41H,8-19,21-23H2,1-2H3,(H,37,39)/t27-,28+,29-,30+,31-,34+,35-,36+/m1/s1. The van der Waals surface area contributed by atoms with Crippen LogP contribution in [0.15, 0.2) is 42.0 Å². The van der Waals surface area contributed by atoms with Crippen molar-refractivity contribution in [3.63, 3.8) is 0 Å². The Labute approximate surface area is 251 Å². The Morgan fingerprint density at radius 1 is 0.976 bits per heavy atom. The topological polar surface area (TPSA) is 78.9 Å². The average Bonchev–Trinajstić information content (AvgIpc) is 3.53. The van der Waals surface area contributed by atoms with Gasteiger partial charge in [-0.1, -0.05) is 44.2 Å². The van der Waals surface area contributed by atoms with Crippen molar-refractivity contribution in [3.8, 4) is 0 Å². The van der Waals surface area contributed by atoms with Gasteiger partial charge in [-0.2, -0.15) is 0 Å². The van der Waals surface area contributed by atoms with Crippen LogP contribution < -0.4 is 5.32 Å². The molecule has 1 aromatic carbocycles. The highest BCUT2D eigenvalue weighted by Gasteiger charge is 2.67. The van der Waals surface area contributed by atoms with Crippen LogP contribution in [-0.4, -0.2) is 59.8 Å². The van der Waals surface area contributed by atoms with Gasteiger partial charge >= 0.3 is 5.97 Å². The van der Waals surface area contributed by atoms with Crippen molar-refractivity contribution < 1.29 is 19.4 Å². The number of nitrogens with one attached hydrogen (secondary N) is 1. The predicted octanol–water partition coefficient (Wildman–Crippen LogP) is 5.61. The van der Waals surface area contributed by atoms with Gasteiger partial charge in [-0.05, 0) is 130 Å². The number of hydrogen-bond donors (Lipinski definition) is 2. The molecule has 1 amide bonds. The van der Waals surface area contributed by atoms with Crippen molar-refractivity contribution in [3.05, 3.63) is 47.5 Å². The fourth-order valence-electron chi connectivity index (χ4n) is 11.2. The van der Waals surface area contributed by atoms with E-state index in [9.17, 15) is 14.7 Å². The molecule has 2 aliphatic heterocycles. The number of likely N-dealkylation sites (tertiary alicyclic amines) is 1. The maximum absolute atomic E-state index is 13.1. The normalized spacial score (nSPS) is 42.2. The summed E-state index contributed by atoms with van der Waals surface area (Å²) in [7, 11) is 0. The number of hydrogen-bond acceptors (Lipinski definition) is 5. The third-order valence-electron chi connectivity index (χ3n) is 13.6. The van der Waals surface area contributed by atoms with Gasteiger partial charge in [0.05, 0.1) is 12.1 Å². The number of carbonyl (C=O) groups is 2. The molecule has 1 saturated heterocycles. The highest BCUT2D eigenvalue weighted by Crippen LogP contribution is 2.69. The summed E-state index contributed by atoms with van der Waals surface area (Å²) in [6.07, 6.45) is 13.4. The molecule has 2 heterocycles. The zero-order valence-corrected chi connectivity index (χ0v) is 25.7. The minimum Gasteiger partial charge on any atom is -0.458 e. The van der Waals surface area contributed by atoms with Crippen LogP contribution in [-0.2, 0) is 14.3 Å². The lowest BCUT2D eigenvalue weighted by Crippen LogP contribution is -2.62. The quantitative estimate of drug-likeness (QED) is 0.447. The number of ether oxygens (including phenoxy) is 1. The molecule has 5 fully saturated rings. The van der Waals surface area contributed by atoms with E-state index in [0.717, 1.165) is 89.3 Å². The molecule has 0 aromatic heterocycles. The summed E-state index contributed by atoms with van der Waals surface area (Å²) in [5, 5.41) is 15.9. The minimum absolute atomic E-state index is 0.183. The second kappa shape index (κ2) is 10.8. The maximum Gasteiger partial charge on any atom is 0.331 e. The lowest BCUT2D eigenvalue weighted by molar-refractivity contribution is -0.205. The fraction of sp³-hybridized carbons (Fsp3) is 0.722. The van der Waals surface area contributed by atoms with Gasteiger partial charge in [-0.25, -0.2) is 4.79 Å². The van der Waals surface area contributed by atoms with Crippen LogP contribution in [0.4, 0.5) is 0 Å². The van der Waals surface area contributed by atoms with E-state index in [2.05, 4.69) is 54.4 Å². The van der Waals surface area contributed by atoms with Crippen molar-refractivity contribution in [2.24, 2.45) is 34.5 Å². The van der Waals surface area contributed by atoms with Crippen LogP contribution in [0.1, 0.15) is 96.0 Å². The zero-order chi connectivity index (χ0) is 29.1. The molecule has 1 aromatic rings. The summed E-state index contributed by atoms with van der Waals surface area (Å²) in [6.45, 7) is 7.71. The van der Waals surface area contributed by atoms with Crippen LogP contribution in [0.3, 0.4) is 0 Å². The van der Waals surface area contributed by atoms with Gasteiger partial charge in [-0.15, -0.1) is 0 Å². The van der Waals surface area contributed by atoms with Crippen molar-refractivity contribution in [1.29, 1.82) is 0 Å². The number of aliphatic hydroxyl groups is 1. The SMILES string of the molecule is C[C@]12CC[C@H](NC(=O)CN3CCC(c4ccccc4)CC3)C[C@H]1CC[C@@H]1[C@@H]2CC[C@]2(C)[C@@H](C3=CC(=O)OC3)CC[C@]12O. The smallest absolute Gasteiger partial charge is 0.331 e. The minimum atomic E-state index is -0.667. The van der Waals surface area contributed by atoms with Gasteiger partial charge < -0.3 is 15.2 Å². The number of nitrogens with zero attached hydrogens (tertiary/aromatic N) is 1. The van der Waals surface area contributed by atoms with E-state index >= 15 is 0 Å². The highest BCUT2D eigenvalue weighted by atomic mass is 16.5. The lowest BCUT2D eigenvalue weighted by atomic mass is 9.43. The molecule has 0 bridgehead atoms. The summed E-state index contributed by atoms with van der Waals surface area (Å²) >= 11 is 0. The van der Waals surface area contributed by atoms with Crippen LogP contribution in [0, 0.1) is 34.5 Å². The second-order valence-electron chi connectivity index (χ2n) is 15.3. The fourth-order valence-corrected chi connectivity index (χ4v) is 11.2. The van der Waals surface area contributed by atoms with Gasteiger partial charge in [0.25, 0.3) is 0 Å². The molecule has 2 N–H and O–H groups in total. The second-order valence-corrected chi connectivity index (χ2v) is 15.3. The third kappa shape index (κ3) is 4.67. The number of esters is 1. The van der Waals surface area contributed by atoms with Crippen molar-refractivity contribution in [2.75, 3.05) is 26.2 Å². The molecule has 0 unspecified atom stereocenters. The first-order valence-corrected chi connectivity index (χ1v) is 16.9. The maximum atomic E-state index is 13.1. The van der Waals surface area contributed by atoms with Crippen molar-refractivity contribution >= 4 is 11.9 Å². The molecule has 7 rings (SSSR count). The summed E-state index contributed by atoms with van der Waals surface area (Å²) < 4.78 is 5.28. The zero-order valence-electron chi connectivity index (χ0n) is 25.7. The van der Waals surface area contributed by atoms with Crippen LogP contribution in [0.5, 0.6) is 0 Å². The van der Waals surface area contributed by atoms with E-state index in [4.69, 9.17) is 4.74 Å². The monoisotopic (exact) mass is 574 g/mol. The largest absolute Gasteiger partial charge is 0.458 e. The number of cyclic esters (lactones) is 1. The number of rotatable bonds is 5. The molecule has 42 heavy (non-hydrogen) atoms. The van der Waals surface area contributed by atoms with Gasteiger partial charge in [0.15, 0.2) is 0 Å². The Balaban J connectivity index is 0.948. The van der Waals surface area contributed by atoms with E-state index in [-0.39, 0.29) is 34.7 Å². The molecule has 8 atom stereocenters. The Hall–Kier alpha value is -2.18. The van der Waals surface area contributed by atoms with E-state index in [1.807, 2.05) is 0 Å².